The summed E-state index contributed by atoms with van der Waals surface area (Å²) in [6.07, 6.45) is -3.25. The van der Waals surface area contributed by atoms with Gasteiger partial charge in [-0.1, -0.05) is 23.7 Å². The van der Waals surface area contributed by atoms with E-state index < -0.39 is 18.1 Å². The number of benzene rings is 1. The Hall–Kier alpha value is -2.02. The minimum atomic E-state index is -4.63. The lowest BCUT2D eigenvalue weighted by molar-refractivity contribution is -0.155. The van der Waals surface area contributed by atoms with Gasteiger partial charge in [-0.05, 0) is 24.6 Å². The van der Waals surface area contributed by atoms with Crippen LogP contribution in [0.5, 0.6) is 0 Å². The Morgan fingerprint density at radius 3 is 2.36 bits per heavy atom. The third kappa shape index (κ3) is 3.59. The molecule has 22 heavy (non-hydrogen) atoms. The van der Waals surface area contributed by atoms with E-state index in [9.17, 15) is 18.0 Å². The van der Waals surface area contributed by atoms with E-state index in [1.807, 2.05) is 5.32 Å². The molecule has 8 heteroatoms. The van der Waals surface area contributed by atoms with Gasteiger partial charge in [0.25, 0.3) is 5.91 Å². The van der Waals surface area contributed by atoms with Crippen molar-refractivity contribution in [3.05, 3.63) is 52.3 Å². The number of carbonyl (C=O) groups excluding carboxylic acids is 1. The summed E-state index contributed by atoms with van der Waals surface area (Å²) in [5, 5.41) is 6.26. The highest BCUT2D eigenvalue weighted by atomic mass is 35.5. The van der Waals surface area contributed by atoms with E-state index >= 15 is 0 Å². The summed E-state index contributed by atoms with van der Waals surface area (Å²) in [4.78, 5) is 12.1. The first kappa shape index (κ1) is 16.4. The smallest absolute Gasteiger partial charge is 0.337 e. The Bertz CT molecular complexity index is 680. The Morgan fingerprint density at radius 1 is 1.32 bits per heavy atom. The number of hydrogen-bond donors (Lipinski definition) is 1. The van der Waals surface area contributed by atoms with E-state index in [-0.39, 0.29) is 11.1 Å². The topological polar surface area (TPSA) is 46.9 Å². The van der Waals surface area contributed by atoms with Crippen molar-refractivity contribution in [2.75, 3.05) is 0 Å². The summed E-state index contributed by atoms with van der Waals surface area (Å²) >= 11 is 5.68. The zero-order valence-corrected chi connectivity index (χ0v) is 12.5. The van der Waals surface area contributed by atoms with Crippen LogP contribution in [0.15, 0.2) is 30.5 Å². The van der Waals surface area contributed by atoms with E-state index in [0.29, 0.717) is 10.7 Å². The van der Waals surface area contributed by atoms with Crippen LogP contribution in [0, 0.1) is 6.92 Å². The third-order valence-corrected chi connectivity index (χ3v) is 3.32. The van der Waals surface area contributed by atoms with Crippen LogP contribution in [0.25, 0.3) is 0 Å². The fourth-order valence-corrected chi connectivity index (χ4v) is 2.17. The molecule has 1 heterocycles. The number of carbonyl (C=O) groups is 1. The summed E-state index contributed by atoms with van der Waals surface area (Å²) in [6, 6.07) is 3.04. The largest absolute Gasteiger partial charge is 0.412 e. The second-order valence-corrected chi connectivity index (χ2v) is 5.24. The van der Waals surface area contributed by atoms with Crippen molar-refractivity contribution < 1.29 is 18.0 Å². The average molecular weight is 332 g/mol. The number of nitrogens with zero attached hydrogens (tertiary/aromatic N) is 2. The lowest BCUT2D eigenvalue weighted by Gasteiger charge is -2.22. The summed E-state index contributed by atoms with van der Waals surface area (Å²) in [6.45, 7) is 1.56. The van der Waals surface area contributed by atoms with Gasteiger partial charge in [-0.2, -0.15) is 18.3 Å². The molecule has 0 aliphatic rings. The highest BCUT2D eigenvalue weighted by Crippen LogP contribution is 2.33. The number of alkyl halides is 3. The Labute approximate surface area is 129 Å². The fourth-order valence-electron chi connectivity index (χ4n) is 2.04. The first-order valence-electron chi connectivity index (χ1n) is 6.32. The second kappa shape index (κ2) is 6.00. The van der Waals surface area contributed by atoms with E-state index in [4.69, 9.17) is 11.6 Å². The molecule has 1 unspecified atom stereocenters. The number of halogens is 4. The highest BCUT2D eigenvalue weighted by molar-refractivity contribution is 6.30. The lowest BCUT2D eigenvalue weighted by Crippen LogP contribution is -2.38. The molecule has 0 saturated heterocycles. The molecule has 4 nitrogen and oxygen atoms in total. The van der Waals surface area contributed by atoms with Gasteiger partial charge in [-0.25, -0.2) is 0 Å². The Balaban J connectivity index is 2.30. The monoisotopic (exact) mass is 331 g/mol. The van der Waals surface area contributed by atoms with Gasteiger partial charge in [0.2, 0.25) is 0 Å². The van der Waals surface area contributed by atoms with Crippen LogP contribution in [0.4, 0.5) is 13.2 Å². The average Bonchev–Trinajstić information content (AvgIpc) is 2.75. The van der Waals surface area contributed by atoms with Crippen LogP contribution < -0.4 is 5.32 Å². The first-order chi connectivity index (χ1) is 10.2. The number of rotatable bonds is 3. The molecule has 1 atom stereocenters. The van der Waals surface area contributed by atoms with Gasteiger partial charge in [0.1, 0.15) is 0 Å². The summed E-state index contributed by atoms with van der Waals surface area (Å²) in [5.41, 5.74) is 0.370. The summed E-state index contributed by atoms with van der Waals surface area (Å²) < 4.78 is 41.0. The Morgan fingerprint density at radius 2 is 1.91 bits per heavy atom. The van der Waals surface area contributed by atoms with Gasteiger partial charge in [-0.15, -0.1) is 0 Å². The molecule has 1 aromatic heterocycles. The minimum Gasteiger partial charge on any atom is -0.337 e. The first-order valence-corrected chi connectivity index (χ1v) is 6.69. The normalized spacial score (nSPS) is 13.0. The molecular formula is C14H13ClF3N3O. The zero-order valence-electron chi connectivity index (χ0n) is 11.8. The molecule has 118 valence electrons. The maximum Gasteiger partial charge on any atom is 0.412 e. The molecule has 1 N–H and O–H groups in total. The molecule has 0 bridgehead atoms. The van der Waals surface area contributed by atoms with Crippen molar-refractivity contribution in [3.63, 3.8) is 0 Å². The van der Waals surface area contributed by atoms with Crippen LogP contribution in [-0.2, 0) is 7.05 Å². The molecule has 2 aromatic rings. The van der Waals surface area contributed by atoms with Gasteiger partial charge in [0, 0.05) is 18.3 Å². The highest BCUT2D eigenvalue weighted by Gasteiger charge is 2.42. The SMILES string of the molecule is Cc1nn(C)cc1C(=O)NC(c1ccc(Cl)cc1)C(F)(F)F. The fraction of sp³-hybridized carbons (Fsp3) is 0.286. The number of hydrogen-bond acceptors (Lipinski definition) is 2. The van der Waals surface area contributed by atoms with E-state index in [0.717, 1.165) is 0 Å². The Kier molecular flexibility index (Phi) is 4.46. The van der Waals surface area contributed by atoms with Crippen LogP contribution in [0.2, 0.25) is 5.02 Å². The summed E-state index contributed by atoms with van der Waals surface area (Å²) in [7, 11) is 1.59. The van der Waals surface area contributed by atoms with Gasteiger partial charge < -0.3 is 5.32 Å². The third-order valence-electron chi connectivity index (χ3n) is 3.06. The second-order valence-electron chi connectivity index (χ2n) is 4.80. The van der Waals surface area contributed by atoms with Gasteiger partial charge in [-0.3, -0.25) is 9.48 Å². The zero-order chi connectivity index (χ0) is 16.5. The summed E-state index contributed by atoms with van der Waals surface area (Å²) in [5.74, 6) is -0.831. The van der Waals surface area contributed by atoms with Crippen molar-refractivity contribution in [2.45, 2.75) is 19.1 Å². The van der Waals surface area contributed by atoms with Crippen LogP contribution in [0.3, 0.4) is 0 Å². The molecule has 0 aliphatic carbocycles. The predicted octanol–water partition coefficient (Wildman–Crippen LogP) is 3.42. The van der Waals surface area contributed by atoms with Crippen molar-refractivity contribution in [1.82, 2.24) is 15.1 Å². The quantitative estimate of drug-likeness (QED) is 0.936. The van der Waals surface area contributed by atoms with E-state index in [1.165, 1.54) is 35.1 Å². The van der Waals surface area contributed by atoms with E-state index in [2.05, 4.69) is 5.10 Å². The van der Waals surface area contributed by atoms with Gasteiger partial charge in [0.15, 0.2) is 6.04 Å². The van der Waals surface area contributed by atoms with Gasteiger partial charge in [0.05, 0.1) is 11.3 Å². The molecule has 0 fully saturated rings. The molecular weight excluding hydrogens is 319 g/mol. The minimum absolute atomic E-state index is 0.0909. The lowest BCUT2D eigenvalue weighted by atomic mass is 10.1. The number of amides is 1. The van der Waals surface area contributed by atoms with Gasteiger partial charge >= 0.3 is 6.18 Å². The van der Waals surface area contributed by atoms with E-state index in [1.54, 1.807) is 14.0 Å². The van der Waals surface area contributed by atoms with Crippen molar-refractivity contribution in [2.24, 2.45) is 7.05 Å². The van der Waals surface area contributed by atoms with Crippen LogP contribution in [-0.4, -0.2) is 21.9 Å². The molecule has 2 rings (SSSR count). The molecule has 0 spiro atoms. The molecule has 0 aliphatic heterocycles. The van der Waals surface area contributed by atoms with Crippen LogP contribution in [0.1, 0.15) is 27.7 Å². The van der Waals surface area contributed by atoms with Crippen molar-refractivity contribution >= 4 is 17.5 Å². The maximum atomic E-state index is 13.2. The number of aromatic nitrogens is 2. The molecule has 0 saturated carbocycles. The predicted molar refractivity (Wildman–Crippen MR) is 75.7 cm³/mol. The molecule has 0 radical (unpaired) electrons. The molecule has 1 aromatic carbocycles. The van der Waals surface area contributed by atoms with Crippen molar-refractivity contribution in [3.8, 4) is 0 Å². The van der Waals surface area contributed by atoms with Crippen LogP contribution >= 0.6 is 11.6 Å². The number of nitrogens with one attached hydrogen (secondary N) is 1. The standard InChI is InChI=1S/C14H13ClF3N3O/c1-8-11(7-21(2)20-8)13(22)19-12(14(16,17)18)9-3-5-10(15)6-4-9/h3-7,12H,1-2H3,(H,19,22). The maximum absolute atomic E-state index is 13.2. The molecule has 1 amide bonds. The number of aryl methyl sites for hydroxylation is 2. The van der Waals surface area contributed by atoms with Crippen molar-refractivity contribution in [1.29, 1.82) is 0 Å².